The highest BCUT2D eigenvalue weighted by molar-refractivity contribution is 7.36. The minimum Gasteiger partial charge on any atom is -0.596 e. The summed E-state index contributed by atoms with van der Waals surface area (Å²) >= 11 is 0. The van der Waals surface area contributed by atoms with E-state index in [-0.39, 0.29) is 0 Å². The Morgan fingerprint density at radius 1 is 1.30 bits per heavy atom. The van der Waals surface area contributed by atoms with Gasteiger partial charge in [-0.1, -0.05) is 23.8 Å². The van der Waals surface area contributed by atoms with Gasteiger partial charge in [-0.15, -0.1) is 0 Å². The van der Waals surface area contributed by atoms with Crippen LogP contribution in [0.3, 0.4) is 0 Å². The third-order valence-corrected chi connectivity index (χ3v) is 2.95. The maximum Gasteiger partial charge on any atom is 0.309 e. The second kappa shape index (κ2) is 4.05. The summed E-state index contributed by atoms with van der Waals surface area (Å²) in [7, 11) is -2.12. The molecule has 1 atom stereocenters. The summed E-state index contributed by atoms with van der Waals surface area (Å²) in [6.45, 7) is 0. The van der Waals surface area contributed by atoms with Gasteiger partial charge in [0.15, 0.2) is 0 Å². The van der Waals surface area contributed by atoms with Crippen LogP contribution in [0.4, 0.5) is 0 Å². The first-order chi connectivity index (χ1) is 4.79. The van der Waals surface area contributed by atoms with Crippen LogP contribution >= 0.6 is 8.03 Å². The van der Waals surface area contributed by atoms with Crippen molar-refractivity contribution in [2.75, 3.05) is 6.16 Å². The van der Waals surface area contributed by atoms with Gasteiger partial charge in [-0.3, -0.25) is 0 Å². The molecule has 1 fully saturated rings. The van der Waals surface area contributed by atoms with E-state index < -0.39 is 8.03 Å². The molecule has 0 aromatic rings. The SMILES string of the molecule is O=[P+]([O-])CC1CCCCC1. The van der Waals surface area contributed by atoms with Crippen molar-refractivity contribution in [3.8, 4) is 0 Å². The van der Waals surface area contributed by atoms with Gasteiger partial charge in [0.2, 0.25) is 0 Å². The van der Waals surface area contributed by atoms with Gasteiger partial charge in [0, 0.05) is 5.92 Å². The monoisotopic (exact) mass is 160 g/mol. The van der Waals surface area contributed by atoms with E-state index in [0.717, 1.165) is 12.8 Å². The molecule has 0 heterocycles. The van der Waals surface area contributed by atoms with Crippen molar-refractivity contribution in [1.82, 2.24) is 0 Å². The molecule has 58 valence electrons. The van der Waals surface area contributed by atoms with Gasteiger partial charge >= 0.3 is 8.03 Å². The summed E-state index contributed by atoms with van der Waals surface area (Å²) in [5, 5.41) is 0. The van der Waals surface area contributed by atoms with Gasteiger partial charge < -0.3 is 4.89 Å². The highest BCUT2D eigenvalue weighted by Gasteiger charge is 2.18. The lowest BCUT2D eigenvalue weighted by molar-refractivity contribution is -0.164. The van der Waals surface area contributed by atoms with E-state index in [1.54, 1.807) is 0 Å². The molecule has 1 aliphatic carbocycles. The fourth-order valence-corrected chi connectivity index (χ4v) is 2.37. The van der Waals surface area contributed by atoms with Crippen LogP contribution in [0.2, 0.25) is 0 Å². The molecule has 1 rings (SSSR count). The predicted molar refractivity (Wildman–Crippen MR) is 39.0 cm³/mol. The molecular formula is C7H13O2P. The summed E-state index contributed by atoms with van der Waals surface area (Å²) in [6.07, 6.45) is 6.44. The molecule has 0 spiro atoms. The first-order valence-corrected chi connectivity index (χ1v) is 5.27. The first kappa shape index (κ1) is 8.16. The summed E-state index contributed by atoms with van der Waals surface area (Å²) in [6, 6.07) is 0. The molecule has 0 N–H and O–H groups in total. The Kier molecular flexibility index (Phi) is 3.30. The van der Waals surface area contributed by atoms with Crippen LogP contribution in [-0.4, -0.2) is 6.16 Å². The molecule has 0 amide bonds. The van der Waals surface area contributed by atoms with Crippen molar-refractivity contribution in [2.24, 2.45) is 5.92 Å². The molecular weight excluding hydrogens is 147 g/mol. The number of hydrogen-bond donors (Lipinski definition) is 0. The van der Waals surface area contributed by atoms with Crippen LogP contribution in [0.5, 0.6) is 0 Å². The van der Waals surface area contributed by atoms with Gasteiger partial charge in [0.25, 0.3) is 0 Å². The molecule has 1 aliphatic rings. The Labute approximate surface area is 62.5 Å². The quantitative estimate of drug-likeness (QED) is 0.576. The summed E-state index contributed by atoms with van der Waals surface area (Å²) in [5.74, 6) is 0.481. The highest BCUT2D eigenvalue weighted by Crippen LogP contribution is 2.28. The minimum absolute atomic E-state index is 0.426. The Morgan fingerprint density at radius 3 is 2.40 bits per heavy atom. The highest BCUT2D eigenvalue weighted by atomic mass is 31.1. The average Bonchev–Trinajstić information content (AvgIpc) is 1.88. The molecule has 3 heteroatoms. The fourth-order valence-electron chi connectivity index (χ4n) is 1.58. The molecule has 0 aromatic heterocycles. The summed E-state index contributed by atoms with van der Waals surface area (Å²) in [4.78, 5) is 10.3. The van der Waals surface area contributed by atoms with E-state index in [1.807, 2.05) is 0 Å². The smallest absolute Gasteiger partial charge is 0.309 e. The predicted octanol–water partition coefficient (Wildman–Crippen LogP) is 1.67. The largest absolute Gasteiger partial charge is 0.596 e. The number of rotatable bonds is 2. The Morgan fingerprint density at radius 2 is 1.90 bits per heavy atom. The van der Waals surface area contributed by atoms with Crippen LogP contribution in [-0.2, 0) is 4.57 Å². The molecule has 1 unspecified atom stereocenters. The van der Waals surface area contributed by atoms with E-state index in [4.69, 9.17) is 0 Å². The maximum absolute atomic E-state index is 10.3. The molecule has 0 saturated heterocycles. The van der Waals surface area contributed by atoms with E-state index >= 15 is 0 Å². The lowest BCUT2D eigenvalue weighted by atomic mass is 9.91. The zero-order chi connectivity index (χ0) is 7.40. The second-order valence-corrected chi connectivity index (χ2v) is 4.05. The summed E-state index contributed by atoms with van der Waals surface area (Å²) in [5.41, 5.74) is 0. The van der Waals surface area contributed by atoms with Crippen LogP contribution in [0.25, 0.3) is 0 Å². The van der Waals surface area contributed by atoms with Crippen molar-refractivity contribution >= 4 is 8.03 Å². The minimum atomic E-state index is -2.12. The van der Waals surface area contributed by atoms with Crippen LogP contribution in [0, 0.1) is 5.92 Å². The zero-order valence-electron chi connectivity index (χ0n) is 6.08. The van der Waals surface area contributed by atoms with Gasteiger partial charge in [-0.05, 0) is 12.8 Å². The van der Waals surface area contributed by atoms with E-state index in [9.17, 15) is 9.46 Å². The maximum atomic E-state index is 10.3. The lowest BCUT2D eigenvalue weighted by Crippen LogP contribution is -2.10. The van der Waals surface area contributed by atoms with E-state index in [0.29, 0.717) is 12.1 Å². The molecule has 1 saturated carbocycles. The van der Waals surface area contributed by atoms with Gasteiger partial charge in [-0.2, -0.15) is 0 Å². The van der Waals surface area contributed by atoms with Crippen LogP contribution < -0.4 is 4.89 Å². The molecule has 10 heavy (non-hydrogen) atoms. The third-order valence-electron chi connectivity index (χ3n) is 2.13. The molecule has 0 radical (unpaired) electrons. The standard InChI is InChI=1S/C7H13O2P/c8-10(9)6-7-4-2-1-3-5-7/h7H,1-6H2. The van der Waals surface area contributed by atoms with E-state index in [1.165, 1.54) is 19.3 Å². The topological polar surface area (TPSA) is 40.1 Å². The zero-order valence-corrected chi connectivity index (χ0v) is 6.98. The van der Waals surface area contributed by atoms with Crippen molar-refractivity contribution in [3.05, 3.63) is 0 Å². The van der Waals surface area contributed by atoms with Crippen molar-refractivity contribution in [1.29, 1.82) is 0 Å². The van der Waals surface area contributed by atoms with Gasteiger partial charge in [-0.25, -0.2) is 0 Å². The second-order valence-electron chi connectivity index (χ2n) is 3.02. The van der Waals surface area contributed by atoms with Crippen molar-refractivity contribution < 1.29 is 9.46 Å². The molecule has 0 bridgehead atoms. The Hall–Kier alpha value is 0.0600. The molecule has 2 nitrogen and oxygen atoms in total. The Bertz CT molecular complexity index is 119. The van der Waals surface area contributed by atoms with E-state index in [2.05, 4.69) is 0 Å². The normalized spacial score (nSPS) is 22.7. The average molecular weight is 160 g/mol. The van der Waals surface area contributed by atoms with Crippen LogP contribution in [0.1, 0.15) is 32.1 Å². The Balaban J connectivity index is 2.19. The lowest BCUT2D eigenvalue weighted by Gasteiger charge is -2.17. The first-order valence-electron chi connectivity index (χ1n) is 3.91. The van der Waals surface area contributed by atoms with Gasteiger partial charge in [0.1, 0.15) is 6.16 Å². The molecule has 0 aliphatic heterocycles. The van der Waals surface area contributed by atoms with Crippen LogP contribution in [0.15, 0.2) is 0 Å². The van der Waals surface area contributed by atoms with Crippen molar-refractivity contribution in [3.63, 3.8) is 0 Å². The van der Waals surface area contributed by atoms with Gasteiger partial charge in [0.05, 0.1) is 0 Å². The number of hydrogen-bond acceptors (Lipinski definition) is 2. The fraction of sp³-hybridized carbons (Fsp3) is 1.00. The van der Waals surface area contributed by atoms with Crippen molar-refractivity contribution in [2.45, 2.75) is 32.1 Å². The summed E-state index contributed by atoms with van der Waals surface area (Å²) < 4.78 is 10.3. The third kappa shape index (κ3) is 2.76. The molecule has 0 aromatic carbocycles.